The molecule has 0 saturated heterocycles. The average molecular weight is 329 g/mol. The number of methoxy groups -OCH3 is 2. The van der Waals surface area contributed by atoms with Crippen LogP contribution in [0.15, 0.2) is 28.2 Å². The molecule has 0 bridgehead atoms. The predicted octanol–water partition coefficient (Wildman–Crippen LogP) is 2.57. The standard InChI is InChI=1S/C15H20FNO4S/c1-10-5-6-17(9-11(10)2)22(18,19)15-8-14(21-4)13(20-3)7-12(15)16/h7-8H,5-6,9H2,1-4H3. The van der Waals surface area contributed by atoms with Gasteiger partial charge in [-0.1, -0.05) is 11.1 Å². The molecule has 0 saturated carbocycles. The van der Waals surface area contributed by atoms with Crippen LogP contribution in [0.2, 0.25) is 0 Å². The lowest BCUT2D eigenvalue weighted by molar-refractivity contribution is 0.349. The minimum Gasteiger partial charge on any atom is -0.493 e. The molecule has 0 fully saturated rings. The highest BCUT2D eigenvalue weighted by Gasteiger charge is 2.31. The normalized spacial score (nSPS) is 16.8. The third kappa shape index (κ3) is 2.96. The largest absolute Gasteiger partial charge is 0.493 e. The van der Waals surface area contributed by atoms with Crippen LogP contribution in [0.25, 0.3) is 0 Å². The Bertz CT molecular complexity index is 712. The van der Waals surface area contributed by atoms with Gasteiger partial charge < -0.3 is 9.47 Å². The van der Waals surface area contributed by atoms with Gasteiger partial charge in [-0.15, -0.1) is 0 Å². The maximum Gasteiger partial charge on any atom is 0.246 e. The molecule has 122 valence electrons. The molecule has 7 heteroatoms. The lowest BCUT2D eigenvalue weighted by Crippen LogP contribution is -2.36. The monoisotopic (exact) mass is 329 g/mol. The maximum absolute atomic E-state index is 14.2. The molecule has 1 heterocycles. The first-order valence-electron chi connectivity index (χ1n) is 6.88. The Morgan fingerprint density at radius 1 is 1.09 bits per heavy atom. The van der Waals surface area contributed by atoms with E-state index < -0.39 is 20.7 Å². The summed E-state index contributed by atoms with van der Waals surface area (Å²) in [5.74, 6) is -0.506. The van der Waals surface area contributed by atoms with Gasteiger partial charge in [0.25, 0.3) is 0 Å². The summed E-state index contributed by atoms with van der Waals surface area (Å²) in [6.07, 6.45) is 0.653. The van der Waals surface area contributed by atoms with Gasteiger partial charge in [0.05, 0.1) is 14.2 Å². The topological polar surface area (TPSA) is 55.8 Å². The number of ether oxygens (including phenoxy) is 2. The van der Waals surface area contributed by atoms with Crippen LogP contribution in [-0.4, -0.2) is 40.0 Å². The quantitative estimate of drug-likeness (QED) is 0.797. The lowest BCUT2D eigenvalue weighted by atomic mass is 10.1. The number of hydrogen-bond donors (Lipinski definition) is 0. The van der Waals surface area contributed by atoms with Gasteiger partial charge in [-0.2, -0.15) is 4.31 Å². The molecule has 1 aliphatic heterocycles. The Morgan fingerprint density at radius 3 is 2.23 bits per heavy atom. The molecule has 1 aliphatic rings. The first kappa shape index (κ1) is 16.8. The van der Waals surface area contributed by atoms with Gasteiger partial charge in [-0.25, -0.2) is 12.8 Å². The molecule has 1 aromatic carbocycles. The average Bonchev–Trinajstić information content (AvgIpc) is 2.49. The van der Waals surface area contributed by atoms with Gasteiger partial charge in [0, 0.05) is 25.2 Å². The minimum atomic E-state index is -3.92. The number of hydrogen-bond acceptors (Lipinski definition) is 4. The molecule has 0 spiro atoms. The van der Waals surface area contributed by atoms with Crippen LogP contribution in [0.5, 0.6) is 11.5 Å². The van der Waals surface area contributed by atoms with E-state index in [1.165, 1.54) is 30.2 Å². The molecule has 0 atom stereocenters. The van der Waals surface area contributed by atoms with Crippen molar-refractivity contribution in [2.75, 3.05) is 27.3 Å². The van der Waals surface area contributed by atoms with E-state index in [-0.39, 0.29) is 18.0 Å². The summed E-state index contributed by atoms with van der Waals surface area (Å²) in [6.45, 7) is 4.50. The zero-order valence-electron chi connectivity index (χ0n) is 13.1. The molecule has 0 aliphatic carbocycles. The second-order valence-corrected chi connectivity index (χ2v) is 7.19. The minimum absolute atomic E-state index is 0.157. The SMILES string of the molecule is COc1cc(F)c(S(=O)(=O)N2CCC(C)=C(C)C2)cc1OC. The summed E-state index contributed by atoms with van der Waals surface area (Å²) in [5, 5.41) is 0. The van der Waals surface area contributed by atoms with Crippen molar-refractivity contribution >= 4 is 10.0 Å². The van der Waals surface area contributed by atoms with Crippen molar-refractivity contribution in [1.29, 1.82) is 0 Å². The van der Waals surface area contributed by atoms with E-state index in [4.69, 9.17) is 9.47 Å². The van der Waals surface area contributed by atoms with E-state index in [0.29, 0.717) is 13.0 Å². The number of nitrogens with zero attached hydrogens (tertiary/aromatic N) is 1. The van der Waals surface area contributed by atoms with Crippen molar-refractivity contribution in [3.8, 4) is 11.5 Å². The smallest absolute Gasteiger partial charge is 0.246 e. The van der Waals surface area contributed by atoms with Crippen LogP contribution in [0.1, 0.15) is 20.3 Å². The highest BCUT2D eigenvalue weighted by molar-refractivity contribution is 7.89. The summed E-state index contributed by atoms with van der Waals surface area (Å²) in [4.78, 5) is -0.391. The summed E-state index contributed by atoms with van der Waals surface area (Å²) < 4.78 is 51.0. The Balaban J connectivity index is 2.46. The van der Waals surface area contributed by atoms with Crippen LogP contribution >= 0.6 is 0 Å². The lowest BCUT2D eigenvalue weighted by Gasteiger charge is -2.28. The summed E-state index contributed by atoms with van der Waals surface area (Å²) in [6, 6.07) is 2.20. The highest BCUT2D eigenvalue weighted by Crippen LogP contribution is 2.34. The Kier molecular flexibility index (Phi) is 4.77. The second kappa shape index (κ2) is 6.26. The summed E-state index contributed by atoms with van der Waals surface area (Å²) >= 11 is 0. The van der Waals surface area contributed by atoms with Gasteiger partial charge in [-0.3, -0.25) is 0 Å². The molecule has 0 aromatic heterocycles. The fourth-order valence-corrected chi connectivity index (χ4v) is 3.90. The number of halogens is 1. The van der Waals surface area contributed by atoms with Crippen LogP contribution in [0.4, 0.5) is 4.39 Å². The van der Waals surface area contributed by atoms with E-state index in [1.807, 2.05) is 13.8 Å². The molecule has 0 unspecified atom stereocenters. The fourth-order valence-electron chi connectivity index (χ4n) is 2.36. The van der Waals surface area contributed by atoms with Crippen LogP contribution in [-0.2, 0) is 10.0 Å². The van der Waals surface area contributed by atoms with Crippen molar-refractivity contribution in [3.05, 3.63) is 29.1 Å². The van der Waals surface area contributed by atoms with Crippen molar-refractivity contribution < 1.29 is 22.3 Å². The zero-order valence-corrected chi connectivity index (χ0v) is 14.0. The number of benzene rings is 1. The van der Waals surface area contributed by atoms with Gasteiger partial charge in [0.2, 0.25) is 10.0 Å². The third-order valence-electron chi connectivity index (χ3n) is 3.93. The number of sulfonamides is 1. The molecular weight excluding hydrogens is 309 g/mol. The van der Waals surface area contributed by atoms with Crippen LogP contribution < -0.4 is 9.47 Å². The molecule has 5 nitrogen and oxygen atoms in total. The summed E-state index contributed by atoms with van der Waals surface area (Å²) in [5.41, 5.74) is 2.18. The molecule has 2 rings (SSSR count). The van der Waals surface area contributed by atoms with E-state index in [1.54, 1.807) is 0 Å². The predicted molar refractivity (Wildman–Crippen MR) is 81.3 cm³/mol. The van der Waals surface area contributed by atoms with Gasteiger partial charge in [0.15, 0.2) is 11.5 Å². The maximum atomic E-state index is 14.2. The summed E-state index contributed by atoms with van der Waals surface area (Å²) in [7, 11) is -1.17. The second-order valence-electron chi connectivity index (χ2n) is 5.29. The molecule has 0 amide bonds. The third-order valence-corrected chi connectivity index (χ3v) is 5.79. The van der Waals surface area contributed by atoms with Crippen molar-refractivity contribution in [1.82, 2.24) is 4.31 Å². The molecule has 22 heavy (non-hydrogen) atoms. The van der Waals surface area contributed by atoms with E-state index in [9.17, 15) is 12.8 Å². The van der Waals surface area contributed by atoms with Crippen LogP contribution in [0.3, 0.4) is 0 Å². The van der Waals surface area contributed by atoms with E-state index >= 15 is 0 Å². The number of rotatable bonds is 4. The van der Waals surface area contributed by atoms with Crippen LogP contribution in [0, 0.1) is 5.82 Å². The highest BCUT2D eigenvalue weighted by atomic mass is 32.2. The van der Waals surface area contributed by atoms with Gasteiger partial charge in [0.1, 0.15) is 10.7 Å². The molecule has 1 aromatic rings. The molecular formula is C15H20FNO4S. The first-order chi connectivity index (χ1) is 10.3. The fraction of sp³-hybridized carbons (Fsp3) is 0.467. The Hall–Kier alpha value is -1.60. The Labute approximate surface area is 130 Å². The van der Waals surface area contributed by atoms with Crippen molar-refractivity contribution in [2.45, 2.75) is 25.2 Å². The van der Waals surface area contributed by atoms with E-state index in [0.717, 1.165) is 11.6 Å². The zero-order chi connectivity index (χ0) is 16.5. The van der Waals surface area contributed by atoms with Crippen molar-refractivity contribution in [3.63, 3.8) is 0 Å². The Morgan fingerprint density at radius 2 is 1.68 bits per heavy atom. The van der Waals surface area contributed by atoms with Gasteiger partial charge >= 0.3 is 0 Å². The van der Waals surface area contributed by atoms with E-state index in [2.05, 4.69) is 0 Å². The molecule has 0 radical (unpaired) electrons. The van der Waals surface area contributed by atoms with Gasteiger partial charge in [-0.05, 0) is 20.3 Å². The molecule has 0 N–H and O–H groups in total. The van der Waals surface area contributed by atoms with Crippen molar-refractivity contribution in [2.24, 2.45) is 0 Å². The first-order valence-corrected chi connectivity index (χ1v) is 8.32.